The van der Waals surface area contributed by atoms with Crippen LogP contribution < -0.4 is 10.6 Å². The number of thiophene rings is 1. The van der Waals surface area contributed by atoms with E-state index in [-0.39, 0.29) is 5.78 Å². The molecule has 0 aliphatic carbocycles. The lowest BCUT2D eigenvalue weighted by Gasteiger charge is -2.07. The molecule has 0 bridgehead atoms. The Morgan fingerprint density at radius 1 is 1.12 bits per heavy atom. The van der Waals surface area contributed by atoms with Crippen molar-refractivity contribution < 1.29 is 14.4 Å². The Bertz CT molecular complexity index is 756. The van der Waals surface area contributed by atoms with Gasteiger partial charge in [-0.2, -0.15) is 0 Å². The number of hydrogen-bond donors (Lipinski definition) is 2. The third kappa shape index (κ3) is 5.21. The zero-order valence-corrected chi connectivity index (χ0v) is 15.1. The summed E-state index contributed by atoms with van der Waals surface area (Å²) in [5.41, 5.74) is 0.589. The first-order valence-electron chi connectivity index (χ1n) is 7.32. The van der Waals surface area contributed by atoms with E-state index in [9.17, 15) is 14.4 Å². The number of hydrogen-bond acceptors (Lipinski definition) is 5. The van der Waals surface area contributed by atoms with Gasteiger partial charge in [0.2, 0.25) is 0 Å². The number of Topliss-reactive ketones (excluding diaryl/α,β-unsaturated/α-hetero) is 1. The van der Waals surface area contributed by atoms with Gasteiger partial charge in [-0.05, 0) is 49.9 Å². The number of nitrogens with one attached hydrogen (secondary N) is 2. The summed E-state index contributed by atoms with van der Waals surface area (Å²) < 4.78 is 0. The minimum absolute atomic E-state index is 0.0298. The SMILES string of the molecule is CSc1cccc(NC(=O)C(=O)NCCc2ccc(C(C)=O)s2)c1. The summed E-state index contributed by atoms with van der Waals surface area (Å²) in [5, 5.41) is 5.16. The Kier molecular flexibility index (Phi) is 6.57. The van der Waals surface area contributed by atoms with E-state index in [1.165, 1.54) is 18.3 Å². The number of benzene rings is 1. The highest BCUT2D eigenvalue weighted by Crippen LogP contribution is 2.19. The van der Waals surface area contributed by atoms with Crippen LogP contribution in [0.15, 0.2) is 41.3 Å². The predicted molar refractivity (Wildman–Crippen MR) is 97.9 cm³/mol. The van der Waals surface area contributed by atoms with Crippen molar-refractivity contribution in [3.63, 3.8) is 0 Å². The van der Waals surface area contributed by atoms with Gasteiger partial charge in [0.25, 0.3) is 0 Å². The van der Waals surface area contributed by atoms with Gasteiger partial charge >= 0.3 is 11.8 Å². The van der Waals surface area contributed by atoms with Crippen LogP contribution in [-0.2, 0) is 16.0 Å². The van der Waals surface area contributed by atoms with E-state index in [0.29, 0.717) is 23.5 Å². The number of amides is 2. The lowest BCUT2D eigenvalue weighted by molar-refractivity contribution is -0.136. The molecular formula is C17H18N2O3S2. The van der Waals surface area contributed by atoms with Crippen LogP contribution in [0.4, 0.5) is 5.69 Å². The minimum atomic E-state index is -0.691. The summed E-state index contributed by atoms with van der Waals surface area (Å²) in [4.78, 5) is 37.6. The summed E-state index contributed by atoms with van der Waals surface area (Å²) in [5.74, 6) is -1.33. The number of ketones is 1. The fourth-order valence-electron chi connectivity index (χ4n) is 1.97. The normalized spacial score (nSPS) is 10.2. The molecule has 24 heavy (non-hydrogen) atoms. The lowest BCUT2D eigenvalue weighted by atomic mass is 10.3. The maximum atomic E-state index is 11.9. The zero-order valence-electron chi connectivity index (χ0n) is 13.4. The van der Waals surface area contributed by atoms with Crippen LogP contribution in [0.25, 0.3) is 0 Å². The maximum Gasteiger partial charge on any atom is 0.313 e. The van der Waals surface area contributed by atoms with E-state index in [1.54, 1.807) is 23.9 Å². The topological polar surface area (TPSA) is 75.3 Å². The Hall–Kier alpha value is -2.12. The van der Waals surface area contributed by atoms with Gasteiger partial charge in [-0.15, -0.1) is 23.1 Å². The lowest BCUT2D eigenvalue weighted by Crippen LogP contribution is -2.36. The summed E-state index contributed by atoms with van der Waals surface area (Å²) in [7, 11) is 0. The number of carbonyl (C=O) groups is 3. The summed E-state index contributed by atoms with van der Waals surface area (Å²) in [6, 6.07) is 10.9. The zero-order chi connectivity index (χ0) is 17.5. The third-order valence-electron chi connectivity index (χ3n) is 3.20. The van der Waals surface area contributed by atoms with Crippen molar-refractivity contribution >= 4 is 46.4 Å². The molecule has 0 unspecified atom stereocenters. The van der Waals surface area contributed by atoms with Crippen LogP contribution in [-0.4, -0.2) is 30.4 Å². The standard InChI is InChI=1S/C17H18N2O3S2/c1-11(20)15-7-6-13(24-15)8-9-18-16(21)17(22)19-12-4-3-5-14(10-12)23-2/h3-7,10H,8-9H2,1-2H3,(H,18,21)(H,19,22). The van der Waals surface area contributed by atoms with Crippen molar-refractivity contribution in [1.82, 2.24) is 5.32 Å². The van der Waals surface area contributed by atoms with E-state index in [4.69, 9.17) is 0 Å². The summed E-state index contributed by atoms with van der Waals surface area (Å²) in [6.07, 6.45) is 2.52. The van der Waals surface area contributed by atoms with Crippen LogP contribution in [0.2, 0.25) is 0 Å². The summed E-state index contributed by atoms with van der Waals surface area (Å²) >= 11 is 2.96. The Balaban J connectivity index is 1.80. The third-order valence-corrected chi connectivity index (χ3v) is 5.17. The molecule has 2 aromatic rings. The van der Waals surface area contributed by atoms with E-state index in [2.05, 4.69) is 10.6 Å². The van der Waals surface area contributed by atoms with Gasteiger partial charge in [0.1, 0.15) is 0 Å². The largest absolute Gasteiger partial charge is 0.347 e. The van der Waals surface area contributed by atoms with E-state index < -0.39 is 11.8 Å². The monoisotopic (exact) mass is 362 g/mol. The average Bonchev–Trinajstić information content (AvgIpc) is 3.04. The molecule has 2 N–H and O–H groups in total. The molecule has 1 heterocycles. The molecular weight excluding hydrogens is 344 g/mol. The maximum absolute atomic E-state index is 11.9. The average molecular weight is 362 g/mol. The van der Waals surface area contributed by atoms with Gasteiger partial charge < -0.3 is 10.6 Å². The predicted octanol–water partition coefficient (Wildman–Crippen LogP) is 2.97. The molecule has 7 heteroatoms. The van der Waals surface area contributed by atoms with Gasteiger partial charge in [0.15, 0.2) is 5.78 Å². The van der Waals surface area contributed by atoms with Crippen molar-refractivity contribution in [2.24, 2.45) is 0 Å². The second-order valence-electron chi connectivity index (χ2n) is 5.01. The van der Waals surface area contributed by atoms with Crippen molar-refractivity contribution in [2.45, 2.75) is 18.2 Å². The Morgan fingerprint density at radius 2 is 1.92 bits per heavy atom. The highest BCUT2D eigenvalue weighted by atomic mass is 32.2. The number of thioether (sulfide) groups is 1. The van der Waals surface area contributed by atoms with Gasteiger partial charge in [0.05, 0.1) is 4.88 Å². The fourth-order valence-corrected chi connectivity index (χ4v) is 3.33. The highest BCUT2D eigenvalue weighted by molar-refractivity contribution is 7.98. The van der Waals surface area contributed by atoms with E-state index >= 15 is 0 Å². The van der Waals surface area contributed by atoms with Gasteiger partial charge in [0, 0.05) is 22.0 Å². The molecule has 0 atom stereocenters. The molecule has 0 aliphatic heterocycles. The van der Waals surface area contributed by atoms with E-state index in [0.717, 1.165) is 9.77 Å². The van der Waals surface area contributed by atoms with Crippen LogP contribution >= 0.6 is 23.1 Å². The molecule has 1 aromatic carbocycles. The molecule has 5 nitrogen and oxygen atoms in total. The van der Waals surface area contributed by atoms with Gasteiger partial charge in [-0.1, -0.05) is 6.07 Å². The Morgan fingerprint density at radius 3 is 2.58 bits per heavy atom. The highest BCUT2D eigenvalue weighted by Gasteiger charge is 2.13. The molecule has 1 aromatic heterocycles. The smallest absolute Gasteiger partial charge is 0.313 e. The first-order valence-corrected chi connectivity index (χ1v) is 9.36. The van der Waals surface area contributed by atoms with Crippen molar-refractivity contribution in [3.8, 4) is 0 Å². The van der Waals surface area contributed by atoms with Crippen molar-refractivity contribution in [3.05, 3.63) is 46.2 Å². The molecule has 126 valence electrons. The Labute approximate surface area is 148 Å². The second-order valence-corrected chi connectivity index (χ2v) is 7.06. The number of carbonyl (C=O) groups excluding carboxylic acids is 3. The van der Waals surface area contributed by atoms with Crippen molar-refractivity contribution in [1.29, 1.82) is 0 Å². The first-order chi connectivity index (χ1) is 11.5. The molecule has 2 amide bonds. The fraction of sp³-hybridized carbons (Fsp3) is 0.235. The first kappa shape index (κ1) is 18.2. The molecule has 0 aliphatic rings. The second kappa shape index (κ2) is 8.65. The molecule has 0 spiro atoms. The molecule has 2 rings (SSSR count). The van der Waals surface area contributed by atoms with Gasteiger partial charge in [-0.3, -0.25) is 14.4 Å². The van der Waals surface area contributed by atoms with Crippen LogP contribution in [0.1, 0.15) is 21.5 Å². The quantitative estimate of drug-likeness (QED) is 0.471. The number of rotatable bonds is 6. The molecule has 0 saturated carbocycles. The minimum Gasteiger partial charge on any atom is -0.347 e. The summed E-state index contributed by atoms with van der Waals surface area (Å²) in [6.45, 7) is 1.86. The van der Waals surface area contributed by atoms with E-state index in [1.807, 2.05) is 30.5 Å². The van der Waals surface area contributed by atoms with Crippen LogP contribution in [0.5, 0.6) is 0 Å². The van der Waals surface area contributed by atoms with Crippen LogP contribution in [0, 0.1) is 0 Å². The molecule has 0 fully saturated rings. The van der Waals surface area contributed by atoms with Gasteiger partial charge in [-0.25, -0.2) is 0 Å². The number of anilines is 1. The molecule has 0 saturated heterocycles. The van der Waals surface area contributed by atoms with Crippen LogP contribution in [0.3, 0.4) is 0 Å². The molecule has 0 radical (unpaired) electrons. The van der Waals surface area contributed by atoms with Crippen molar-refractivity contribution in [2.75, 3.05) is 18.1 Å².